The topological polar surface area (TPSA) is 144 Å². The number of amides is 1. The molecule has 1 amide bonds. The van der Waals surface area contributed by atoms with E-state index in [1.807, 2.05) is 0 Å². The van der Waals surface area contributed by atoms with Gasteiger partial charge in [-0.1, -0.05) is 17.7 Å². The van der Waals surface area contributed by atoms with Crippen LogP contribution in [-0.2, 0) is 14.8 Å². The minimum absolute atomic E-state index is 0.0457. The molecule has 0 aliphatic rings. The van der Waals surface area contributed by atoms with Gasteiger partial charge in [0.15, 0.2) is 0 Å². The molecule has 3 aromatic carbocycles. The number of hydrazone groups is 1. The average Bonchev–Trinajstić information content (AvgIpc) is 3.40. The zero-order chi connectivity index (χ0) is 28.0. The van der Waals surface area contributed by atoms with Gasteiger partial charge in [0.1, 0.15) is 23.8 Å². The Hall–Kier alpha value is -4.68. The Morgan fingerprint density at radius 3 is 2.46 bits per heavy atom. The minimum atomic E-state index is -4.16. The highest BCUT2D eigenvalue weighted by Gasteiger charge is 2.27. The van der Waals surface area contributed by atoms with E-state index in [0.29, 0.717) is 27.9 Å². The van der Waals surface area contributed by atoms with Crippen molar-refractivity contribution in [3.05, 3.63) is 106 Å². The maximum absolute atomic E-state index is 13.4. The van der Waals surface area contributed by atoms with Gasteiger partial charge in [-0.15, -0.1) is 0 Å². The number of sulfonamides is 1. The zero-order valence-electron chi connectivity index (χ0n) is 20.4. The van der Waals surface area contributed by atoms with Crippen molar-refractivity contribution in [2.45, 2.75) is 4.90 Å². The predicted molar refractivity (Wildman–Crippen MR) is 146 cm³/mol. The summed E-state index contributed by atoms with van der Waals surface area (Å²) >= 11 is 6.08. The number of carbonyl (C=O) groups excluding carboxylic acids is 1. The SMILES string of the molecule is COc1ccc(S(=O)(=O)N(CC(=O)N/N=C\c2ccc(-c3ccc([N+](=O)[O-])cc3)o2)c2cccc(Cl)c2)cc1. The van der Waals surface area contributed by atoms with Crippen LogP contribution in [0.1, 0.15) is 5.76 Å². The summed E-state index contributed by atoms with van der Waals surface area (Å²) in [7, 11) is -2.69. The molecule has 0 saturated heterocycles. The van der Waals surface area contributed by atoms with Crippen molar-refractivity contribution in [1.82, 2.24) is 5.43 Å². The van der Waals surface area contributed by atoms with Crippen molar-refractivity contribution < 1.29 is 27.3 Å². The molecule has 4 aromatic rings. The fourth-order valence-corrected chi connectivity index (χ4v) is 5.08. The molecule has 0 bridgehead atoms. The number of furan rings is 1. The van der Waals surface area contributed by atoms with E-state index in [1.54, 1.807) is 36.4 Å². The Morgan fingerprint density at radius 1 is 1.10 bits per heavy atom. The Balaban J connectivity index is 1.48. The van der Waals surface area contributed by atoms with Crippen LogP contribution in [0.2, 0.25) is 5.02 Å². The summed E-state index contributed by atoms with van der Waals surface area (Å²) in [5.74, 6) is 0.493. The Bertz CT molecular complexity index is 1620. The van der Waals surface area contributed by atoms with Gasteiger partial charge in [-0.05, 0) is 66.7 Å². The molecule has 0 radical (unpaired) electrons. The summed E-state index contributed by atoms with van der Waals surface area (Å²) in [4.78, 5) is 23.0. The van der Waals surface area contributed by atoms with Crippen molar-refractivity contribution in [3.63, 3.8) is 0 Å². The van der Waals surface area contributed by atoms with Gasteiger partial charge in [0.25, 0.3) is 21.6 Å². The molecule has 1 aromatic heterocycles. The molecule has 4 rings (SSSR count). The number of nitrogens with zero attached hydrogens (tertiary/aromatic N) is 3. The first-order chi connectivity index (χ1) is 18.7. The number of benzene rings is 3. The largest absolute Gasteiger partial charge is 0.497 e. The summed E-state index contributed by atoms with van der Waals surface area (Å²) < 4.78 is 38.5. The van der Waals surface area contributed by atoms with E-state index in [2.05, 4.69) is 10.5 Å². The van der Waals surface area contributed by atoms with Crippen molar-refractivity contribution in [2.24, 2.45) is 5.10 Å². The first-order valence-electron chi connectivity index (χ1n) is 11.3. The van der Waals surface area contributed by atoms with E-state index in [1.165, 1.54) is 61.9 Å². The molecule has 13 heteroatoms. The highest BCUT2D eigenvalue weighted by Crippen LogP contribution is 2.27. The lowest BCUT2D eigenvalue weighted by atomic mass is 10.1. The summed E-state index contributed by atoms with van der Waals surface area (Å²) in [6.07, 6.45) is 1.24. The molecule has 0 aliphatic carbocycles. The molecule has 0 atom stereocenters. The van der Waals surface area contributed by atoms with E-state index in [-0.39, 0.29) is 16.3 Å². The third kappa shape index (κ3) is 6.61. The fourth-order valence-electron chi connectivity index (χ4n) is 3.48. The van der Waals surface area contributed by atoms with Crippen LogP contribution >= 0.6 is 11.6 Å². The number of rotatable bonds is 10. The third-order valence-corrected chi connectivity index (χ3v) is 7.42. The Labute approximate surface area is 228 Å². The van der Waals surface area contributed by atoms with Gasteiger partial charge >= 0.3 is 0 Å². The maximum Gasteiger partial charge on any atom is 0.269 e. The Morgan fingerprint density at radius 2 is 1.82 bits per heavy atom. The average molecular weight is 569 g/mol. The fraction of sp³-hybridized carbons (Fsp3) is 0.0769. The van der Waals surface area contributed by atoms with Crippen LogP contribution in [0.4, 0.5) is 11.4 Å². The highest BCUT2D eigenvalue weighted by molar-refractivity contribution is 7.92. The monoisotopic (exact) mass is 568 g/mol. The van der Waals surface area contributed by atoms with Crippen molar-refractivity contribution in [2.75, 3.05) is 18.0 Å². The molecular weight excluding hydrogens is 548 g/mol. The number of ether oxygens (including phenoxy) is 1. The van der Waals surface area contributed by atoms with E-state index in [4.69, 9.17) is 20.8 Å². The first-order valence-corrected chi connectivity index (χ1v) is 13.1. The molecule has 1 heterocycles. The standard InChI is InChI=1S/C26H21ClN4O7S/c1-37-22-9-12-24(13-10-22)39(35,36)30(21-4-2-3-19(27)15-21)17-26(32)29-28-16-23-11-14-25(38-23)18-5-7-20(8-6-18)31(33)34/h2-16H,17H2,1H3,(H,29,32)/b28-16-. The van der Waals surface area contributed by atoms with Gasteiger partial charge < -0.3 is 9.15 Å². The second kappa shape index (κ2) is 11.8. The molecule has 11 nitrogen and oxygen atoms in total. The molecule has 0 aliphatic heterocycles. The quantitative estimate of drug-likeness (QED) is 0.163. The zero-order valence-corrected chi connectivity index (χ0v) is 21.9. The van der Waals surface area contributed by atoms with Crippen molar-refractivity contribution in [1.29, 1.82) is 0 Å². The smallest absolute Gasteiger partial charge is 0.269 e. The molecule has 0 fully saturated rings. The van der Waals surface area contributed by atoms with Crippen molar-refractivity contribution >= 4 is 45.1 Å². The van der Waals surface area contributed by atoms with Gasteiger partial charge in [0, 0.05) is 22.7 Å². The summed E-state index contributed by atoms with van der Waals surface area (Å²) in [5.41, 5.74) is 3.05. The van der Waals surface area contributed by atoms with E-state index in [9.17, 15) is 23.3 Å². The van der Waals surface area contributed by atoms with Crippen LogP contribution in [0.5, 0.6) is 5.75 Å². The van der Waals surface area contributed by atoms with Crippen LogP contribution in [0, 0.1) is 10.1 Å². The summed E-state index contributed by atoms with van der Waals surface area (Å²) in [6.45, 7) is -0.585. The first kappa shape index (κ1) is 27.4. The maximum atomic E-state index is 13.4. The second-order valence-corrected chi connectivity index (χ2v) is 10.3. The molecule has 0 spiro atoms. The lowest BCUT2D eigenvalue weighted by Gasteiger charge is -2.24. The van der Waals surface area contributed by atoms with Crippen LogP contribution in [0.3, 0.4) is 0 Å². The molecule has 39 heavy (non-hydrogen) atoms. The minimum Gasteiger partial charge on any atom is -0.497 e. The highest BCUT2D eigenvalue weighted by atomic mass is 35.5. The number of anilines is 1. The molecular formula is C26H21ClN4O7S. The number of hydrogen-bond donors (Lipinski definition) is 1. The normalized spacial score (nSPS) is 11.3. The lowest BCUT2D eigenvalue weighted by Crippen LogP contribution is -2.39. The lowest BCUT2D eigenvalue weighted by molar-refractivity contribution is -0.384. The summed E-state index contributed by atoms with van der Waals surface area (Å²) in [5, 5.41) is 15.0. The summed E-state index contributed by atoms with van der Waals surface area (Å²) in [6, 6.07) is 20.9. The van der Waals surface area contributed by atoms with Crippen LogP contribution in [0.25, 0.3) is 11.3 Å². The van der Waals surface area contributed by atoms with Gasteiger partial charge in [0.05, 0.1) is 28.8 Å². The molecule has 0 unspecified atom stereocenters. The number of nitro groups is 1. The van der Waals surface area contributed by atoms with Crippen LogP contribution in [-0.4, -0.2) is 39.1 Å². The van der Waals surface area contributed by atoms with E-state index < -0.39 is 27.4 Å². The van der Waals surface area contributed by atoms with Crippen molar-refractivity contribution in [3.8, 4) is 17.1 Å². The number of nitrogens with one attached hydrogen (secondary N) is 1. The van der Waals surface area contributed by atoms with E-state index >= 15 is 0 Å². The Kier molecular flexibility index (Phi) is 8.27. The van der Waals surface area contributed by atoms with Gasteiger partial charge in [-0.25, -0.2) is 13.8 Å². The number of halogens is 1. The number of carbonyl (C=O) groups is 1. The number of non-ortho nitro benzene ring substituents is 1. The molecule has 1 N–H and O–H groups in total. The van der Waals surface area contributed by atoms with Gasteiger partial charge in [0.2, 0.25) is 0 Å². The predicted octanol–water partition coefficient (Wildman–Crippen LogP) is 4.86. The second-order valence-electron chi connectivity index (χ2n) is 7.97. The number of hydrogen-bond acceptors (Lipinski definition) is 8. The van der Waals surface area contributed by atoms with E-state index in [0.717, 1.165) is 4.31 Å². The molecule has 200 valence electrons. The third-order valence-electron chi connectivity index (χ3n) is 5.40. The molecule has 0 saturated carbocycles. The van der Waals surface area contributed by atoms with Gasteiger partial charge in [-0.3, -0.25) is 19.2 Å². The number of nitro benzene ring substituents is 1. The van der Waals surface area contributed by atoms with Crippen LogP contribution < -0.4 is 14.5 Å². The number of methoxy groups -OCH3 is 1. The van der Waals surface area contributed by atoms with Crippen LogP contribution in [0.15, 0.2) is 99.3 Å². The van der Waals surface area contributed by atoms with Gasteiger partial charge in [-0.2, -0.15) is 5.10 Å².